The Morgan fingerprint density at radius 2 is 1.88 bits per heavy atom. The molecule has 0 spiro atoms. The molecule has 0 unspecified atom stereocenters. The zero-order valence-corrected chi connectivity index (χ0v) is 10.3. The molecule has 0 amide bonds. The van der Waals surface area contributed by atoms with E-state index in [9.17, 15) is 9.90 Å². The second kappa shape index (κ2) is 5.01. The lowest BCUT2D eigenvalue weighted by molar-refractivity contribution is -0.297. The molecule has 0 radical (unpaired) electrons. The smallest absolute Gasteiger partial charge is 0.134 e. The Hall–Kier alpha value is -1.81. The molecule has 2 rings (SSSR count). The highest BCUT2D eigenvalue weighted by molar-refractivity contribution is 9.10. The number of aliphatic carboxylic acids is 1. The minimum Gasteiger partial charge on any atom is -0.545 e. The van der Waals surface area contributed by atoms with Crippen molar-refractivity contribution in [2.45, 2.75) is 0 Å². The molecule has 2 aromatic rings. The molecule has 86 valence electrons. The summed E-state index contributed by atoms with van der Waals surface area (Å²) in [4.78, 5) is 10.2. The first kappa shape index (κ1) is 11.7. The van der Waals surface area contributed by atoms with Crippen LogP contribution < -0.4 is 5.11 Å². The van der Waals surface area contributed by atoms with E-state index in [0.29, 0.717) is 11.5 Å². The van der Waals surface area contributed by atoms with E-state index in [1.165, 1.54) is 6.08 Å². The largest absolute Gasteiger partial charge is 0.545 e. The van der Waals surface area contributed by atoms with Crippen LogP contribution in [-0.4, -0.2) is 5.97 Å². The Bertz CT molecular complexity index is 552. The number of carbonyl (C=O) groups is 1. The van der Waals surface area contributed by atoms with Gasteiger partial charge in [0.25, 0.3) is 0 Å². The minimum absolute atomic E-state index is 0.479. The van der Waals surface area contributed by atoms with Crippen molar-refractivity contribution in [1.82, 2.24) is 0 Å². The summed E-state index contributed by atoms with van der Waals surface area (Å²) in [5.41, 5.74) is 0.932. The molecule has 0 aliphatic heterocycles. The number of furan rings is 1. The van der Waals surface area contributed by atoms with Crippen LogP contribution in [0.25, 0.3) is 17.4 Å². The van der Waals surface area contributed by atoms with Gasteiger partial charge in [0.2, 0.25) is 0 Å². The highest BCUT2D eigenvalue weighted by atomic mass is 79.9. The molecule has 0 saturated carbocycles. The van der Waals surface area contributed by atoms with Crippen molar-refractivity contribution in [3.05, 3.63) is 52.7 Å². The Balaban J connectivity index is 2.23. The Labute approximate surface area is 107 Å². The molecule has 0 N–H and O–H groups in total. The maximum atomic E-state index is 10.2. The van der Waals surface area contributed by atoms with Crippen LogP contribution in [0.1, 0.15) is 5.76 Å². The fraction of sp³-hybridized carbons (Fsp3) is 0. The van der Waals surface area contributed by atoms with Gasteiger partial charge in [-0.15, -0.1) is 0 Å². The third-order valence-corrected chi connectivity index (χ3v) is 2.67. The molecule has 0 aliphatic rings. The van der Waals surface area contributed by atoms with Crippen molar-refractivity contribution in [2.75, 3.05) is 0 Å². The summed E-state index contributed by atoms with van der Waals surface area (Å²) in [5.74, 6) is -0.0748. The first-order chi connectivity index (χ1) is 8.15. The molecule has 3 nitrogen and oxygen atoms in total. The van der Waals surface area contributed by atoms with Gasteiger partial charge in [0.15, 0.2) is 0 Å². The number of hydrogen-bond acceptors (Lipinski definition) is 3. The summed E-state index contributed by atoms with van der Waals surface area (Å²) in [6.45, 7) is 0. The van der Waals surface area contributed by atoms with Gasteiger partial charge in [-0.25, -0.2) is 0 Å². The number of carbonyl (C=O) groups excluding carboxylic acids is 1. The average molecular weight is 292 g/mol. The first-order valence-corrected chi connectivity index (χ1v) is 5.69. The van der Waals surface area contributed by atoms with Crippen molar-refractivity contribution in [3.63, 3.8) is 0 Å². The first-order valence-electron chi connectivity index (χ1n) is 4.90. The van der Waals surface area contributed by atoms with Crippen LogP contribution in [0.4, 0.5) is 0 Å². The van der Waals surface area contributed by atoms with Crippen LogP contribution in [-0.2, 0) is 4.79 Å². The molecule has 0 fully saturated rings. The minimum atomic E-state index is -1.24. The second-order valence-electron chi connectivity index (χ2n) is 3.36. The molecule has 0 saturated heterocycles. The lowest BCUT2D eigenvalue weighted by Gasteiger charge is -1.96. The van der Waals surface area contributed by atoms with Crippen LogP contribution >= 0.6 is 15.9 Å². The van der Waals surface area contributed by atoms with Gasteiger partial charge in [-0.2, -0.15) is 0 Å². The summed E-state index contributed by atoms with van der Waals surface area (Å²) < 4.78 is 6.46. The van der Waals surface area contributed by atoms with Crippen molar-refractivity contribution >= 4 is 28.0 Å². The summed E-state index contributed by atoms with van der Waals surface area (Å²) in [6, 6.07) is 11.1. The van der Waals surface area contributed by atoms with Gasteiger partial charge >= 0.3 is 0 Å². The third kappa shape index (κ3) is 3.07. The molecule has 0 aliphatic carbocycles. The van der Waals surface area contributed by atoms with E-state index in [2.05, 4.69) is 15.9 Å². The fourth-order valence-electron chi connectivity index (χ4n) is 1.36. The predicted molar refractivity (Wildman–Crippen MR) is 65.9 cm³/mol. The van der Waals surface area contributed by atoms with Crippen molar-refractivity contribution in [1.29, 1.82) is 0 Å². The highest BCUT2D eigenvalue weighted by Gasteiger charge is 2.02. The van der Waals surface area contributed by atoms with Crippen LogP contribution in [0, 0.1) is 0 Å². The van der Waals surface area contributed by atoms with E-state index in [4.69, 9.17) is 4.42 Å². The van der Waals surface area contributed by atoms with Crippen LogP contribution in [0.15, 0.2) is 51.4 Å². The van der Waals surface area contributed by atoms with Gasteiger partial charge in [0, 0.05) is 10.0 Å². The van der Waals surface area contributed by atoms with E-state index in [1.54, 1.807) is 12.1 Å². The standard InChI is InChI=1S/C13H9BrO3/c14-10-3-1-9(2-4-10)12-7-5-11(17-12)6-8-13(15)16/h1-8H,(H,15,16)/p-1. The van der Waals surface area contributed by atoms with E-state index in [1.807, 2.05) is 24.3 Å². The van der Waals surface area contributed by atoms with Gasteiger partial charge in [-0.1, -0.05) is 28.1 Å². The molecule has 0 atom stereocenters. The van der Waals surface area contributed by atoms with E-state index >= 15 is 0 Å². The van der Waals surface area contributed by atoms with Crippen molar-refractivity contribution in [2.24, 2.45) is 0 Å². The third-order valence-electron chi connectivity index (χ3n) is 2.14. The Kier molecular flexibility index (Phi) is 3.44. The zero-order valence-electron chi connectivity index (χ0n) is 8.72. The van der Waals surface area contributed by atoms with Gasteiger partial charge in [0.1, 0.15) is 11.5 Å². The molecule has 1 aromatic carbocycles. The monoisotopic (exact) mass is 291 g/mol. The maximum absolute atomic E-state index is 10.2. The van der Waals surface area contributed by atoms with Gasteiger partial charge in [-0.05, 0) is 36.4 Å². The SMILES string of the molecule is O=C([O-])C=Cc1ccc(-c2ccc(Br)cc2)o1. The van der Waals surface area contributed by atoms with Crippen LogP contribution in [0.5, 0.6) is 0 Å². The molecule has 4 heteroatoms. The maximum Gasteiger partial charge on any atom is 0.134 e. The van der Waals surface area contributed by atoms with E-state index in [-0.39, 0.29) is 0 Å². The summed E-state index contributed by atoms with van der Waals surface area (Å²) >= 11 is 3.35. The number of carboxylic acids is 1. The van der Waals surface area contributed by atoms with Crippen LogP contribution in [0.3, 0.4) is 0 Å². The topological polar surface area (TPSA) is 53.3 Å². The number of carboxylic acid groups (broad SMARTS) is 1. The molecule has 0 bridgehead atoms. The van der Waals surface area contributed by atoms with Gasteiger partial charge in [0.05, 0.1) is 5.97 Å². The fourth-order valence-corrected chi connectivity index (χ4v) is 1.63. The van der Waals surface area contributed by atoms with Crippen LogP contribution in [0.2, 0.25) is 0 Å². The predicted octanol–water partition coefficient (Wildman–Crippen LogP) is 2.47. The molecular weight excluding hydrogens is 284 g/mol. The van der Waals surface area contributed by atoms with Crippen molar-refractivity contribution < 1.29 is 14.3 Å². The van der Waals surface area contributed by atoms with Gasteiger partial charge in [-0.3, -0.25) is 0 Å². The highest BCUT2D eigenvalue weighted by Crippen LogP contribution is 2.24. The molecule has 17 heavy (non-hydrogen) atoms. The molecule has 1 heterocycles. The normalized spacial score (nSPS) is 10.9. The number of halogens is 1. The summed E-state index contributed by atoms with van der Waals surface area (Å²) in [6.07, 6.45) is 2.29. The van der Waals surface area contributed by atoms with E-state index in [0.717, 1.165) is 16.1 Å². The lowest BCUT2D eigenvalue weighted by atomic mass is 10.2. The Morgan fingerprint density at radius 3 is 2.53 bits per heavy atom. The lowest BCUT2D eigenvalue weighted by Crippen LogP contribution is -2.18. The molecule has 1 aromatic heterocycles. The number of hydrogen-bond donors (Lipinski definition) is 0. The average Bonchev–Trinajstić information content (AvgIpc) is 2.76. The van der Waals surface area contributed by atoms with Crippen molar-refractivity contribution in [3.8, 4) is 11.3 Å². The van der Waals surface area contributed by atoms with E-state index < -0.39 is 5.97 Å². The Morgan fingerprint density at radius 1 is 1.18 bits per heavy atom. The quantitative estimate of drug-likeness (QED) is 0.817. The summed E-state index contributed by atoms with van der Waals surface area (Å²) in [7, 11) is 0. The molecular formula is C13H8BrO3-. The number of rotatable bonds is 3. The number of benzene rings is 1. The summed E-state index contributed by atoms with van der Waals surface area (Å²) in [5, 5.41) is 10.2. The van der Waals surface area contributed by atoms with Gasteiger partial charge < -0.3 is 14.3 Å². The second-order valence-corrected chi connectivity index (χ2v) is 4.28. The zero-order chi connectivity index (χ0) is 12.3.